The summed E-state index contributed by atoms with van der Waals surface area (Å²) in [5, 5.41) is 16.0. The van der Waals surface area contributed by atoms with Crippen molar-refractivity contribution in [2.45, 2.75) is 25.7 Å². The number of aliphatic hydroxyl groups excluding tert-OH is 1. The van der Waals surface area contributed by atoms with Gasteiger partial charge >= 0.3 is 0 Å². The van der Waals surface area contributed by atoms with Gasteiger partial charge in [0.1, 0.15) is 18.1 Å². The Morgan fingerprint density at radius 3 is 2.08 bits per heavy atom. The number of aliphatic hydroxyl groups is 1. The first-order valence-electron chi connectivity index (χ1n) is 17.9. The Hall–Kier alpha value is -6.15. The minimum absolute atomic E-state index is 0.221. The number of rotatable bonds is 15. The van der Waals surface area contributed by atoms with E-state index in [4.69, 9.17) is 9.47 Å². The average Bonchev–Trinajstić information content (AvgIpc) is 3.20. The molecule has 0 amide bonds. The molecule has 266 valence electrons. The van der Waals surface area contributed by atoms with Crippen LogP contribution in [0.1, 0.15) is 28.4 Å². The standard InChI is InChI=1S/C46H43N3O4/c1-52-43-24-21-38(29-41(43)36-15-9-4-10-16-36)47-37-19-17-33(18-20-37)27-28-49(30-34-11-5-2-6-12-34)31-42(50)39-22-25-44(46-40(39)23-26-45(51)48-46)53-32-35-13-7-3-8-14-35/h2-26,29,42,47,50H,27-28,30-32H2,1H3,(H,48,51)/t42-/m0/s1. The Morgan fingerprint density at radius 1 is 0.698 bits per heavy atom. The first kappa shape index (κ1) is 35.3. The van der Waals surface area contributed by atoms with Gasteiger partial charge in [-0.2, -0.15) is 0 Å². The molecule has 0 bridgehead atoms. The zero-order chi connectivity index (χ0) is 36.4. The molecule has 0 saturated carbocycles. The van der Waals surface area contributed by atoms with Crippen LogP contribution in [-0.2, 0) is 19.6 Å². The summed E-state index contributed by atoms with van der Waals surface area (Å²) < 4.78 is 11.8. The summed E-state index contributed by atoms with van der Waals surface area (Å²) in [7, 11) is 1.70. The van der Waals surface area contributed by atoms with Crippen molar-refractivity contribution < 1.29 is 14.6 Å². The van der Waals surface area contributed by atoms with Crippen LogP contribution < -0.4 is 20.3 Å². The third-order valence-corrected chi connectivity index (χ3v) is 9.41. The van der Waals surface area contributed by atoms with E-state index in [9.17, 15) is 9.90 Å². The van der Waals surface area contributed by atoms with Gasteiger partial charge in [-0.3, -0.25) is 9.69 Å². The van der Waals surface area contributed by atoms with Crippen LogP contribution in [-0.4, -0.2) is 35.2 Å². The van der Waals surface area contributed by atoms with Gasteiger partial charge in [-0.1, -0.05) is 109 Å². The normalized spacial score (nSPS) is 11.8. The topological polar surface area (TPSA) is 86.8 Å². The number of hydrogen-bond donors (Lipinski definition) is 3. The fourth-order valence-electron chi connectivity index (χ4n) is 6.65. The van der Waals surface area contributed by atoms with Gasteiger partial charge in [0.25, 0.3) is 0 Å². The first-order valence-corrected chi connectivity index (χ1v) is 17.9. The molecule has 1 atom stereocenters. The molecule has 1 heterocycles. The maximum Gasteiger partial charge on any atom is 0.248 e. The summed E-state index contributed by atoms with van der Waals surface area (Å²) >= 11 is 0. The highest BCUT2D eigenvalue weighted by molar-refractivity contribution is 5.87. The van der Waals surface area contributed by atoms with E-state index in [1.165, 1.54) is 17.2 Å². The lowest BCUT2D eigenvalue weighted by atomic mass is 10.0. The second-order valence-corrected chi connectivity index (χ2v) is 13.1. The molecule has 0 aliphatic carbocycles. The second kappa shape index (κ2) is 16.9. The Balaban J connectivity index is 1.05. The van der Waals surface area contributed by atoms with E-state index in [1.807, 2.05) is 91.0 Å². The number of aromatic amines is 1. The van der Waals surface area contributed by atoms with Gasteiger partial charge in [0.05, 0.1) is 18.7 Å². The van der Waals surface area contributed by atoms with Gasteiger partial charge in [0, 0.05) is 48.0 Å². The van der Waals surface area contributed by atoms with Crippen LogP contribution in [0.4, 0.5) is 11.4 Å². The molecule has 7 heteroatoms. The number of nitrogens with one attached hydrogen (secondary N) is 2. The van der Waals surface area contributed by atoms with Gasteiger partial charge < -0.3 is 24.9 Å². The molecule has 7 aromatic rings. The molecular weight excluding hydrogens is 659 g/mol. The van der Waals surface area contributed by atoms with Crippen LogP contribution >= 0.6 is 0 Å². The molecule has 0 fully saturated rings. The molecule has 7 rings (SSSR count). The number of methoxy groups -OCH3 is 1. The highest BCUT2D eigenvalue weighted by Gasteiger charge is 2.19. The zero-order valence-electron chi connectivity index (χ0n) is 29.7. The smallest absolute Gasteiger partial charge is 0.248 e. The van der Waals surface area contributed by atoms with E-state index in [0.29, 0.717) is 31.0 Å². The van der Waals surface area contributed by atoms with Gasteiger partial charge in [0.15, 0.2) is 0 Å². The highest BCUT2D eigenvalue weighted by Crippen LogP contribution is 2.34. The molecule has 0 radical (unpaired) electrons. The van der Waals surface area contributed by atoms with Crippen molar-refractivity contribution >= 4 is 22.3 Å². The number of benzene rings is 6. The zero-order valence-corrected chi connectivity index (χ0v) is 29.7. The summed E-state index contributed by atoms with van der Waals surface area (Å²) in [4.78, 5) is 17.6. The third-order valence-electron chi connectivity index (χ3n) is 9.41. The maximum atomic E-state index is 12.4. The maximum absolute atomic E-state index is 12.4. The summed E-state index contributed by atoms with van der Waals surface area (Å²) in [5.74, 6) is 1.40. The monoisotopic (exact) mass is 701 g/mol. The van der Waals surface area contributed by atoms with E-state index >= 15 is 0 Å². The SMILES string of the molecule is COc1ccc(Nc2ccc(CCN(Cc3ccccc3)C[C@H](O)c3ccc(OCc4ccccc4)c4[nH]c(=O)ccc34)cc2)cc1-c1ccccc1. The Labute approximate surface area is 310 Å². The van der Waals surface area contributed by atoms with Gasteiger partial charge in [-0.15, -0.1) is 0 Å². The first-order chi connectivity index (χ1) is 26.0. The van der Waals surface area contributed by atoms with E-state index in [0.717, 1.165) is 57.7 Å². The lowest BCUT2D eigenvalue weighted by molar-refractivity contribution is 0.110. The van der Waals surface area contributed by atoms with Gasteiger partial charge in [0.2, 0.25) is 5.56 Å². The van der Waals surface area contributed by atoms with E-state index in [1.54, 1.807) is 13.2 Å². The van der Waals surface area contributed by atoms with Crippen molar-refractivity contribution in [3.05, 3.63) is 190 Å². The van der Waals surface area contributed by atoms with Crippen LogP contribution in [0.25, 0.3) is 22.0 Å². The molecule has 0 unspecified atom stereocenters. The molecule has 3 N–H and O–H groups in total. The van der Waals surface area contributed by atoms with Gasteiger partial charge in [-0.05, 0) is 76.7 Å². The molecular formula is C46H43N3O4. The van der Waals surface area contributed by atoms with Crippen LogP contribution in [0.2, 0.25) is 0 Å². The third kappa shape index (κ3) is 9.02. The summed E-state index contributed by atoms with van der Waals surface area (Å²) in [6.07, 6.45) is 0.00746. The Bertz CT molecular complexity index is 2290. The Kier molecular flexibility index (Phi) is 11.3. The van der Waals surface area contributed by atoms with Crippen molar-refractivity contribution in [2.75, 3.05) is 25.5 Å². The van der Waals surface area contributed by atoms with Crippen LogP contribution in [0.3, 0.4) is 0 Å². The number of pyridine rings is 1. The van der Waals surface area contributed by atoms with Crippen molar-refractivity contribution in [3.63, 3.8) is 0 Å². The lowest BCUT2D eigenvalue weighted by Gasteiger charge is -2.26. The number of H-pyrrole nitrogens is 1. The molecule has 53 heavy (non-hydrogen) atoms. The molecule has 0 spiro atoms. The second-order valence-electron chi connectivity index (χ2n) is 13.1. The fourth-order valence-corrected chi connectivity index (χ4v) is 6.65. The molecule has 7 nitrogen and oxygen atoms in total. The molecule has 0 saturated heterocycles. The highest BCUT2D eigenvalue weighted by atomic mass is 16.5. The van der Waals surface area contributed by atoms with Crippen molar-refractivity contribution in [1.29, 1.82) is 0 Å². The van der Waals surface area contributed by atoms with Crippen molar-refractivity contribution in [3.8, 4) is 22.6 Å². The number of ether oxygens (including phenoxy) is 2. The number of hydrogen-bond acceptors (Lipinski definition) is 6. The predicted octanol–water partition coefficient (Wildman–Crippen LogP) is 9.30. The van der Waals surface area contributed by atoms with Crippen molar-refractivity contribution in [2.24, 2.45) is 0 Å². The minimum Gasteiger partial charge on any atom is -0.496 e. The number of nitrogens with zero attached hydrogens (tertiary/aromatic N) is 1. The van der Waals surface area contributed by atoms with Gasteiger partial charge in [-0.25, -0.2) is 0 Å². The van der Waals surface area contributed by atoms with E-state index in [2.05, 4.69) is 69.8 Å². The predicted molar refractivity (Wildman–Crippen MR) is 214 cm³/mol. The molecule has 0 aliphatic rings. The summed E-state index contributed by atoms with van der Waals surface area (Å²) in [5.41, 5.74) is 8.61. The Morgan fingerprint density at radius 2 is 1.36 bits per heavy atom. The number of anilines is 2. The van der Waals surface area contributed by atoms with Crippen LogP contribution in [0.15, 0.2) is 163 Å². The summed E-state index contributed by atoms with van der Waals surface area (Å²) in [6, 6.07) is 52.1. The van der Waals surface area contributed by atoms with E-state index < -0.39 is 6.10 Å². The van der Waals surface area contributed by atoms with Crippen LogP contribution in [0, 0.1) is 0 Å². The largest absolute Gasteiger partial charge is 0.496 e. The van der Waals surface area contributed by atoms with Crippen LogP contribution in [0.5, 0.6) is 11.5 Å². The summed E-state index contributed by atoms with van der Waals surface area (Å²) in [6.45, 7) is 2.21. The molecule has 0 aliphatic heterocycles. The molecule has 1 aromatic heterocycles. The lowest BCUT2D eigenvalue weighted by Crippen LogP contribution is -2.30. The fraction of sp³-hybridized carbons (Fsp3) is 0.152. The van der Waals surface area contributed by atoms with E-state index in [-0.39, 0.29) is 5.56 Å². The molecule has 6 aromatic carbocycles. The minimum atomic E-state index is -0.799. The number of fused-ring (bicyclic) bond motifs is 1. The quantitative estimate of drug-likeness (QED) is 0.0988. The average molecular weight is 702 g/mol. The van der Waals surface area contributed by atoms with Crippen molar-refractivity contribution in [1.82, 2.24) is 9.88 Å². The number of aromatic nitrogens is 1.